The van der Waals surface area contributed by atoms with Gasteiger partial charge in [0.1, 0.15) is 5.75 Å². The normalized spacial score (nSPS) is 10.8. The zero-order valence-corrected chi connectivity index (χ0v) is 16.9. The van der Waals surface area contributed by atoms with Crippen LogP contribution in [-0.2, 0) is 5.75 Å². The molecular formula is C19H17N5O2S2. The number of rotatable bonds is 7. The molecule has 0 fully saturated rings. The number of nitrogens with one attached hydrogen (secondary N) is 1. The Bertz CT molecular complexity index is 1080. The first kappa shape index (κ1) is 18.5. The molecule has 7 nitrogen and oxygen atoms in total. The third-order valence-corrected chi connectivity index (χ3v) is 5.87. The highest BCUT2D eigenvalue weighted by atomic mass is 32.2. The number of nitrogens with zero attached hydrogens (tertiary/aromatic N) is 4. The van der Waals surface area contributed by atoms with Crippen LogP contribution < -0.4 is 10.1 Å². The van der Waals surface area contributed by atoms with E-state index in [2.05, 4.69) is 38.6 Å². The number of thioether (sulfide) groups is 1. The Kier molecular flexibility index (Phi) is 5.54. The van der Waals surface area contributed by atoms with Crippen molar-refractivity contribution in [2.24, 2.45) is 0 Å². The highest BCUT2D eigenvalue weighted by Crippen LogP contribution is 2.31. The van der Waals surface area contributed by atoms with Gasteiger partial charge in [0.25, 0.3) is 0 Å². The number of ether oxygens (including phenoxy) is 1. The average molecular weight is 412 g/mol. The van der Waals surface area contributed by atoms with E-state index in [1.165, 1.54) is 23.1 Å². The fraction of sp³-hybridized carbons (Fsp3) is 0.158. The van der Waals surface area contributed by atoms with E-state index in [1.807, 2.05) is 42.5 Å². The molecule has 0 aliphatic heterocycles. The summed E-state index contributed by atoms with van der Waals surface area (Å²) in [5.41, 5.74) is 3.03. The number of hydrogen-bond acceptors (Lipinski definition) is 9. The summed E-state index contributed by atoms with van der Waals surface area (Å²) < 4.78 is 11.4. The minimum atomic E-state index is 0.524. The van der Waals surface area contributed by atoms with E-state index in [-0.39, 0.29) is 0 Å². The van der Waals surface area contributed by atoms with Crippen molar-refractivity contribution in [3.63, 3.8) is 0 Å². The molecule has 142 valence electrons. The molecule has 0 radical (unpaired) electrons. The quantitative estimate of drug-likeness (QED) is 0.428. The Morgan fingerprint density at radius 2 is 2.04 bits per heavy atom. The molecule has 9 heteroatoms. The van der Waals surface area contributed by atoms with Crippen molar-refractivity contribution < 1.29 is 9.26 Å². The number of anilines is 2. The van der Waals surface area contributed by atoms with Gasteiger partial charge < -0.3 is 14.6 Å². The van der Waals surface area contributed by atoms with Crippen LogP contribution >= 0.6 is 23.1 Å². The van der Waals surface area contributed by atoms with Crippen LogP contribution in [0.1, 0.15) is 11.5 Å². The molecule has 0 amide bonds. The largest absolute Gasteiger partial charge is 0.497 e. The van der Waals surface area contributed by atoms with Crippen molar-refractivity contribution in [1.29, 1.82) is 0 Å². The molecule has 2 heterocycles. The number of para-hydroxylation sites is 1. The summed E-state index contributed by atoms with van der Waals surface area (Å²) >= 11 is 3.00. The second-order valence-corrected chi connectivity index (χ2v) is 8.05. The molecule has 0 spiro atoms. The molecule has 4 rings (SSSR count). The summed E-state index contributed by atoms with van der Waals surface area (Å²) in [6, 6.07) is 15.6. The predicted octanol–water partition coefficient (Wildman–Crippen LogP) is 4.94. The van der Waals surface area contributed by atoms with Gasteiger partial charge in [0, 0.05) is 11.3 Å². The van der Waals surface area contributed by atoms with Gasteiger partial charge in [-0.1, -0.05) is 58.6 Å². The summed E-state index contributed by atoms with van der Waals surface area (Å²) in [6.45, 7) is 2.05. The number of hydrogen-bond donors (Lipinski definition) is 1. The highest BCUT2D eigenvalue weighted by Gasteiger charge is 2.12. The topological polar surface area (TPSA) is 86.0 Å². The van der Waals surface area contributed by atoms with Gasteiger partial charge in [0.05, 0.1) is 12.9 Å². The minimum Gasteiger partial charge on any atom is -0.497 e. The molecular weight excluding hydrogens is 394 g/mol. The molecule has 28 heavy (non-hydrogen) atoms. The van der Waals surface area contributed by atoms with E-state index in [9.17, 15) is 0 Å². The van der Waals surface area contributed by atoms with E-state index < -0.39 is 0 Å². The van der Waals surface area contributed by atoms with Crippen LogP contribution in [0.15, 0.2) is 57.4 Å². The van der Waals surface area contributed by atoms with E-state index in [0.29, 0.717) is 17.5 Å². The lowest BCUT2D eigenvalue weighted by Crippen LogP contribution is -1.91. The fourth-order valence-electron chi connectivity index (χ4n) is 2.46. The SMILES string of the molecule is COc1cccc(-c2noc(CSc3nnc(Nc4ccccc4C)s3)n2)c1. The summed E-state index contributed by atoms with van der Waals surface area (Å²) in [4.78, 5) is 4.44. The lowest BCUT2D eigenvalue weighted by molar-refractivity contribution is 0.391. The number of methoxy groups -OCH3 is 1. The first-order valence-electron chi connectivity index (χ1n) is 8.47. The van der Waals surface area contributed by atoms with Crippen LogP contribution in [0, 0.1) is 6.92 Å². The summed E-state index contributed by atoms with van der Waals surface area (Å²) in [5.74, 6) is 2.34. The maximum atomic E-state index is 5.35. The molecule has 0 bridgehead atoms. The zero-order valence-electron chi connectivity index (χ0n) is 15.2. The molecule has 4 aromatic rings. The van der Waals surface area contributed by atoms with Gasteiger partial charge in [-0.05, 0) is 30.7 Å². The average Bonchev–Trinajstić information content (AvgIpc) is 3.38. The third kappa shape index (κ3) is 4.32. The van der Waals surface area contributed by atoms with E-state index in [1.54, 1.807) is 7.11 Å². The van der Waals surface area contributed by atoms with Crippen molar-refractivity contribution in [1.82, 2.24) is 20.3 Å². The van der Waals surface area contributed by atoms with Gasteiger partial charge >= 0.3 is 0 Å². The Balaban J connectivity index is 1.38. The van der Waals surface area contributed by atoms with Crippen LogP contribution in [0.3, 0.4) is 0 Å². The number of benzene rings is 2. The Labute approximate surface area is 170 Å². The van der Waals surface area contributed by atoms with E-state index in [4.69, 9.17) is 9.26 Å². The Morgan fingerprint density at radius 1 is 1.14 bits per heavy atom. The molecule has 0 saturated carbocycles. The van der Waals surface area contributed by atoms with Gasteiger partial charge in [0.15, 0.2) is 4.34 Å². The van der Waals surface area contributed by atoms with Crippen molar-refractivity contribution in [3.05, 3.63) is 60.0 Å². The first-order chi connectivity index (χ1) is 13.7. The lowest BCUT2D eigenvalue weighted by atomic mass is 10.2. The van der Waals surface area contributed by atoms with Crippen LogP contribution in [-0.4, -0.2) is 27.4 Å². The Hall–Kier alpha value is -2.91. The minimum absolute atomic E-state index is 0.524. The molecule has 2 aromatic carbocycles. The van der Waals surface area contributed by atoms with Crippen LogP contribution in [0.4, 0.5) is 10.8 Å². The van der Waals surface area contributed by atoms with E-state index >= 15 is 0 Å². The van der Waals surface area contributed by atoms with Crippen molar-refractivity contribution in [2.75, 3.05) is 12.4 Å². The smallest absolute Gasteiger partial charge is 0.237 e. The van der Waals surface area contributed by atoms with Gasteiger partial charge in [-0.3, -0.25) is 0 Å². The summed E-state index contributed by atoms with van der Waals surface area (Å²) in [5, 5.41) is 16.5. The predicted molar refractivity (Wildman–Crippen MR) is 110 cm³/mol. The maximum Gasteiger partial charge on any atom is 0.237 e. The van der Waals surface area contributed by atoms with Crippen LogP contribution in [0.5, 0.6) is 5.75 Å². The molecule has 0 unspecified atom stereocenters. The second kappa shape index (κ2) is 8.41. The molecule has 2 aromatic heterocycles. The molecule has 0 aliphatic carbocycles. The standard InChI is InChI=1S/C19H17N5O2S2/c1-12-6-3-4-9-15(12)20-18-22-23-19(28-18)27-11-16-21-17(24-26-16)13-7-5-8-14(10-13)25-2/h3-10H,11H2,1-2H3,(H,20,22). The van der Waals surface area contributed by atoms with Gasteiger partial charge in [-0.2, -0.15) is 4.98 Å². The van der Waals surface area contributed by atoms with Crippen LogP contribution in [0.2, 0.25) is 0 Å². The van der Waals surface area contributed by atoms with Gasteiger partial charge in [0.2, 0.25) is 16.8 Å². The summed E-state index contributed by atoms with van der Waals surface area (Å²) in [6.07, 6.45) is 0. The van der Waals surface area contributed by atoms with Crippen LogP contribution in [0.25, 0.3) is 11.4 Å². The summed E-state index contributed by atoms with van der Waals surface area (Å²) in [7, 11) is 1.63. The van der Waals surface area contributed by atoms with Gasteiger partial charge in [-0.25, -0.2) is 0 Å². The van der Waals surface area contributed by atoms with Crippen molar-refractivity contribution in [3.8, 4) is 17.1 Å². The Morgan fingerprint density at radius 3 is 2.89 bits per heavy atom. The maximum absolute atomic E-state index is 5.35. The number of aromatic nitrogens is 4. The third-order valence-electron chi connectivity index (χ3n) is 3.91. The fourth-order valence-corrected chi connectivity index (χ4v) is 4.07. The molecule has 0 atom stereocenters. The van der Waals surface area contributed by atoms with Crippen molar-refractivity contribution in [2.45, 2.75) is 17.0 Å². The van der Waals surface area contributed by atoms with E-state index in [0.717, 1.165) is 32.0 Å². The monoisotopic (exact) mass is 411 g/mol. The zero-order chi connectivity index (χ0) is 19.3. The van der Waals surface area contributed by atoms with Gasteiger partial charge in [-0.15, -0.1) is 10.2 Å². The van der Waals surface area contributed by atoms with Crippen molar-refractivity contribution >= 4 is 33.9 Å². The molecule has 0 saturated heterocycles. The molecule has 0 aliphatic rings. The highest BCUT2D eigenvalue weighted by molar-refractivity contribution is 8.00. The second-order valence-electron chi connectivity index (χ2n) is 5.85. The number of aryl methyl sites for hydroxylation is 1. The first-order valence-corrected chi connectivity index (χ1v) is 10.3. The lowest BCUT2D eigenvalue weighted by Gasteiger charge is -2.04. The molecule has 1 N–H and O–H groups in total.